The van der Waals surface area contributed by atoms with Gasteiger partial charge in [0, 0.05) is 23.8 Å². The highest BCUT2D eigenvalue weighted by molar-refractivity contribution is 5.97. The van der Waals surface area contributed by atoms with Crippen LogP contribution in [0.1, 0.15) is 12.5 Å². The number of nitrogens with zero attached hydrogens (tertiary/aromatic N) is 1. The highest BCUT2D eigenvalue weighted by Crippen LogP contribution is 2.27. The van der Waals surface area contributed by atoms with Gasteiger partial charge in [0.2, 0.25) is 0 Å². The molecule has 82 valence electrons. The molecule has 1 aliphatic rings. The average molecular weight is 219 g/mol. The van der Waals surface area contributed by atoms with Crippen LogP contribution in [0, 0.1) is 10.1 Å². The van der Waals surface area contributed by atoms with E-state index in [-0.39, 0.29) is 17.8 Å². The highest BCUT2D eigenvalue weighted by Gasteiger charge is 2.23. The number of rotatable bonds is 2. The van der Waals surface area contributed by atoms with Gasteiger partial charge in [0.15, 0.2) is 0 Å². The Balaban J connectivity index is 2.32. The number of non-ortho nitro benzene ring substituents is 1. The summed E-state index contributed by atoms with van der Waals surface area (Å²) in [7, 11) is 0. The Hall–Kier alpha value is -2.17. The molecule has 16 heavy (non-hydrogen) atoms. The smallest absolute Gasteiger partial charge is 0.331 e. The first-order valence-electron chi connectivity index (χ1n) is 4.75. The Morgan fingerprint density at radius 1 is 1.31 bits per heavy atom. The number of nitro benzene ring substituents is 1. The van der Waals surface area contributed by atoms with Gasteiger partial charge in [0.1, 0.15) is 6.10 Å². The van der Waals surface area contributed by atoms with E-state index in [1.165, 1.54) is 18.2 Å². The average Bonchev–Trinajstić information content (AvgIpc) is 2.58. The summed E-state index contributed by atoms with van der Waals surface area (Å²) in [6.45, 7) is 1.76. The van der Waals surface area contributed by atoms with Crippen LogP contribution in [0.15, 0.2) is 30.3 Å². The molecule has 0 aliphatic carbocycles. The molecule has 0 amide bonds. The van der Waals surface area contributed by atoms with Crippen molar-refractivity contribution in [2.24, 2.45) is 0 Å². The lowest BCUT2D eigenvalue weighted by molar-refractivity contribution is -0.384. The van der Waals surface area contributed by atoms with Crippen molar-refractivity contribution < 1.29 is 14.5 Å². The summed E-state index contributed by atoms with van der Waals surface area (Å²) < 4.78 is 4.94. The summed E-state index contributed by atoms with van der Waals surface area (Å²) in [5, 5.41) is 10.5. The zero-order chi connectivity index (χ0) is 11.7. The lowest BCUT2D eigenvalue weighted by atomic mass is 10.0. The van der Waals surface area contributed by atoms with Crippen LogP contribution >= 0.6 is 0 Å². The molecule has 0 fully saturated rings. The number of carbonyl (C=O) groups is 1. The molecular weight excluding hydrogens is 210 g/mol. The zero-order valence-electron chi connectivity index (χ0n) is 8.54. The van der Waals surface area contributed by atoms with E-state index in [9.17, 15) is 14.9 Å². The molecule has 0 radical (unpaired) electrons. The lowest BCUT2D eigenvalue weighted by Crippen LogP contribution is -2.05. The van der Waals surface area contributed by atoms with Gasteiger partial charge in [-0.05, 0) is 24.6 Å². The van der Waals surface area contributed by atoms with E-state index in [0.29, 0.717) is 0 Å². The summed E-state index contributed by atoms with van der Waals surface area (Å²) >= 11 is 0. The van der Waals surface area contributed by atoms with Crippen molar-refractivity contribution >= 4 is 17.2 Å². The van der Waals surface area contributed by atoms with E-state index < -0.39 is 4.92 Å². The van der Waals surface area contributed by atoms with E-state index in [4.69, 9.17) is 4.74 Å². The molecular formula is C11H9NO4. The summed E-state index contributed by atoms with van der Waals surface area (Å²) in [5.41, 5.74) is 1.55. The third-order valence-corrected chi connectivity index (χ3v) is 2.42. The Kier molecular flexibility index (Phi) is 2.44. The molecule has 1 aromatic carbocycles. The second-order valence-electron chi connectivity index (χ2n) is 3.48. The Morgan fingerprint density at radius 2 is 1.94 bits per heavy atom. The number of hydrogen-bond acceptors (Lipinski definition) is 4. The molecule has 5 nitrogen and oxygen atoms in total. The van der Waals surface area contributed by atoms with E-state index >= 15 is 0 Å². The van der Waals surface area contributed by atoms with Crippen molar-refractivity contribution in [3.05, 3.63) is 46.0 Å². The molecule has 1 heterocycles. The van der Waals surface area contributed by atoms with E-state index in [1.807, 2.05) is 0 Å². The van der Waals surface area contributed by atoms with Gasteiger partial charge in [-0.3, -0.25) is 10.1 Å². The largest absolute Gasteiger partial charge is 0.455 e. The molecule has 2 rings (SSSR count). The van der Waals surface area contributed by atoms with Crippen molar-refractivity contribution in [3.63, 3.8) is 0 Å². The summed E-state index contributed by atoms with van der Waals surface area (Å²) in [6.07, 6.45) is 1.11. The highest BCUT2D eigenvalue weighted by atomic mass is 16.6. The number of ether oxygens (including phenoxy) is 1. The standard InChI is InChI=1S/C11H9NO4/c1-7-10(6-11(13)16-7)8-2-4-9(5-3-8)12(14)15/h2-7H,1H3/t7-/m0/s1. The fourth-order valence-electron chi connectivity index (χ4n) is 1.61. The maximum absolute atomic E-state index is 11.0. The number of cyclic esters (lactones) is 1. The lowest BCUT2D eigenvalue weighted by Gasteiger charge is -2.07. The van der Waals surface area contributed by atoms with Crippen molar-refractivity contribution in [1.82, 2.24) is 0 Å². The number of hydrogen-bond donors (Lipinski definition) is 0. The van der Waals surface area contributed by atoms with Crippen LogP contribution < -0.4 is 0 Å². The quantitative estimate of drug-likeness (QED) is 0.433. The van der Waals surface area contributed by atoms with Gasteiger partial charge in [-0.15, -0.1) is 0 Å². The normalized spacial score (nSPS) is 19.2. The summed E-state index contributed by atoms with van der Waals surface area (Å²) in [6, 6.07) is 6.04. The predicted octanol–water partition coefficient (Wildman–Crippen LogP) is 1.92. The molecule has 0 N–H and O–H groups in total. The number of esters is 1. The number of nitro groups is 1. The van der Waals surface area contributed by atoms with Crippen molar-refractivity contribution in [3.8, 4) is 0 Å². The summed E-state index contributed by atoms with van der Waals surface area (Å²) in [4.78, 5) is 21.0. The van der Waals surface area contributed by atoms with Crippen LogP contribution in [0.3, 0.4) is 0 Å². The molecule has 1 aromatic rings. The van der Waals surface area contributed by atoms with Crippen LogP contribution in [0.5, 0.6) is 0 Å². The molecule has 0 aromatic heterocycles. The Morgan fingerprint density at radius 3 is 2.38 bits per heavy atom. The van der Waals surface area contributed by atoms with Gasteiger partial charge in [0.05, 0.1) is 4.92 Å². The molecule has 5 heteroatoms. The second-order valence-corrected chi connectivity index (χ2v) is 3.48. The van der Waals surface area contributed by atoms with Gasteiger partial charge in [-0.1, -0.05) is 0 Å². The first-order chi connectivity index (χ1) is 7.58. The van der Waals surface area contributed by atoms with Crippen LogP contribution in [0.2, 0.25) is 0 Å². The first kappa shape index (κ1) is 10.4. The van der Waals surface area contributed by atoms with Crippen molar-refractivity contribution in [1.29, 1.82) is 0 Å². The van der Waals surface area contributed by atoms with Gasteiger partial charge < -0.3 is 4.74 Å². The minimum Gasteiger partial charge on any atom is -0.455 e. The van der Waals surface area contributed by atoms with E-state index in [0.717, 1.165) is 11.1 Å². The van der Waals surface area contributed by atoms with Crippen LogP contribution in [-0.4, -0.2) is 17.0 Å². The minimum atomic E-state index is -0.460. The maximum atomic E-state index is 11.0. The first-order valence-corrected chi connectivity index (χ1v) is 4.75. The molecule has 1 aliphatic heterocycles. The molecule has 0 saturated carbocycles. The van der Waals surface area contributed by atoms with Crippen molar-refractivity contribution in [2.75, 3.05) is 0 Å². The molecule has 0 unspecified atom stereocenters. The maximum Gasteiger partial charge on any atom is 0.331 e. The van der Waals surface area contributed by atoms with Crippen LogP contribution in [0.25, 0.3) is 5.57 Å². The predicted molar refractivity (Wildman–Crippen MR) is 56.6 cm³/mol. The van der Waals surface area contributed by atoms with Crippen LogP contribution in [-0.2, 0) is 9.53 Å². The Bertz CT molecular complexity index is 475. The number of carbonyl (C=O) groups excluding carboxylic acids is 1. The van der Waals surface area contributed by atoms with Gasteiger partial charge in [-0.25, -0.2) is 4.79 Å². The molecule has 0 bridgehead atoms. The van der Waals surface area contributed by atoms with Gasteiger partial charge in [-0.2, -0.15) is 0 Å². The van der Waals surface area contributed by atoms with E-state index in [1.54, 1.807) is 19.1 Å². The molecule has 1 atom stereocenters. The fourth-order valence-corrected chi connectivity index (χ4v) is 1.61. The van der Waals surface area contributed by atoms with E-state index in [2.05, 4.69) is 0 Å². The molecule has 0 spiro atoms. The van der Waals surface area contributed by atoms with Gasteiger partial charge >= 0.3 is 5.97 Å². The summed E-state index contributed by atoms with van der Waals surface area (Å²) in [5.74, 6) is -0.374. The monoisotopic (exact) mass is 219 g/mol. The SMILES string of the molecule is C[C@@H]1OC(=O)C=C1c1ccc([N+](=O)[O-])cc1. The Labute approximate surface area is 91.5 Å². The third kappa shape index (κ3) is 1.79. The van der Waals surface area contributed by atoms with Crippen molar-refractivity contribution in [2.45, 2.75) is 13.0 Å². The fraction of sp³-hybridized carbons (Fsp3) is 0.182. The topological polar surface area (TPSA) is 69.4 Å². The minimum absolute atomic E-state index is 0.0299. The van der Waals surface area contributed by atoms with Gasteiger partial charge in [0.25, 0.3) is 5.69 Å². The molecule has 0 saturated heterocycles. The third-order valence-electron chi connectivity index (χ3n) is 2.42. The van der Waals surface area contributed by atoms with Crippen LogP contribution in [0.4, 0.5) is 5.69 Å². The number of benzene rings is 1. The zero-order valence-corrected chi connectivity index (χ0v) is 8.54. The second kappa shape index (κ2) is 3.77.